The van der Waals surface area contributed by atoms with Gasteiger partial charge in [0.1, 0.15) is 29.1 Å². The van der Waals surface area contributed by atoms with Crippen LogP contribution in [-0.2, 0) is 19.2 Å². The number of rotatable bonds is 14. The zero-order valence-corrected chi connectivity index (χ0v) is 37.5. The molecule has 2 aliphatic carbocycles. The van der Waals surface area contributed by atoms with Crippen LogP contribution in [0.4, 0.5) is 22.0 Å². The van der Waals surface area contributed by atoms with Gasteiger partial charge < -0.3 is 41.3 Å². The van der Waals surface area contributed by atoms with Gasteiger partial charge in [0.05, 0.1) is 54.7 Å². The van der Waals surface area contributed by atoms with E-state index in [1.165, 1.54) is 29.2 Å². The van der Waals surface area contributed by atoms with Gasteiger partial charge >= 0.3 is 0 Å². The molecule has 13 nitrogen and oxygen atoms in total. The average molecular weight is 892 g/mol. The Balaban J connectivity index is 1.39. The van der Waals surface area contributed by atoms with Crippen molar-refractivity contribution >= 4 is 38.6 Å². The molecule has 0 spiro atoms. The smallest absolute Gasteiger partial charge is 0.267 e. The molecule has 340 valence electrons. The molecule has 0 bridgehead atoms. The van der Waals surface area contributed by atoms with E-state index in [-0.39, 0.29) is 37.7 Å². The predicted molar refractivity (Wildman–Crippen MR) is 229 cm³/mol. The van der Waals surface area contributed by atoms with Crippen molar-refractivity contribution in [2.75, 3.05) is 33.7 Å². The lowest BCUT2D eigenvalue weighted by molar-refractivity contribution is -0.139. The summed E-state index contributed by atoms with van der Waals surface area (Å²) in [5, 5.41) is 12.6. The second-order valence-electron chi connectivity index (χ2n) is 17.9. The number of alkyl halides is 3. The molecule has 0 aromatic rings. The van der Waals surface area contributed by atoms with Crippen LogP contribution >= 0.6 is 9.24 Å². The van der Waals surface area contributed by atoms with Gasteiger partial charge in [0.25, 0.3) is 5.92 Å². The first-order chi connectivity index (χ1) is 29.0. The van der Waals surface area contributed by atoms with Gasteiger partial charge in [-0.15, -0.1) is 0 Å². The lowest BCUT2D eigenvalue weighted by Gasteiger charge is -2.36. The third kappa shape index (κ3) is 9.86. The number of hydrogen-bond donors (Lipinski definition) is 5. The second kappa shape index (κ2) is 18.4. The van der Waals surface area contributed by atoms with E-state index in [1.807, 2.05) is 0 Å². The minimum absolute atomic E-state index is 0.0181. The van der Waals surface area contributed by atoms with Gasteiger partial charge in [0.2, 0.25) is 23.6 Å². The molecule has 4 aliphatic heterocycles. The normalized spacial score (nSPS) is 29.5. The van der Waals surface area contributed by atoms with Gasteiger partial charge in [-0.2, -0.15) is 0 Å². The standard InChI is InChI=1S/C43H59F5N9O4P/c1-21(2)34(53-38(58)23(5)49-7)40(60)56-19-42(46,47)16-27(56)15-30-29-11-9-25(44)13-31(29)51-36(30)37-52-32-14-26(45)10-12-33(32)55(37)18-28-17-43(48,62)20-57(28)41(61)35(22(3)4)54-39(59)24(6)50-8/h9-14,21-24,27-28,31,33-35,49-51H,15-20,62H2,1-8H3,(H,53,58)(H,54,59)/t23-,24-,27+,28-,31?,33?,34-,35-,43?/m0/s1. The third-order valence-electron chi connectivity index (χ3n) is 12.5. The maximum atomic E-state index is 16.1. The van der Waals surface area contributed by atoms with Crippen LogP contribution in [-0.4, -0.2) is 137 Å². The molecule has 2 saturated heterocycles. The van der Waals surface area contributed by atoms with Crippen LogP contribution in [0.25, 0.3) is 0 Å². The first-order valence-corrected chi connectivity index (χ1v) is 21.7. The van der Waals surface area contributed by atoms with Gasteiger partial charge in [-0.25, -0.2) is 26.9 Å². The topological polar surface area (TPSA) is 151 Å². The van der Waals surface area contributed by atoms with Crippen molar-refractivity contribution in [3.05, 3.63) is 70.8 Å². The van der Waals surface area contributed by atoms with Crippen molar-refractivity contribution in [1.29, 1.82) is 0 Å². The highest BCUT2D eigenvalue weighted by atomic mass is 31.0. The van der Waals surface area contributed by atoms with Gasteiger partial charge in [0, 0.05) is 25.4 Å². The van der Waals surface area contributed by atoms with E-state index in [0.717, 1.165) is 4.90 Å². The molecule has 5 N–H and O–H groups in total. The zero-order valence-electron chi connectivity index (χ0n) is 36.4. The van der Waals surface area contributed by atoms with Crippen LogP contribution in [0.3, 0.4) is 0 Å². The van der Waals surface area contributed by atoms with Crippen LogP contribution in [0, 0.1) is 11.8 Å². The van der Waals surface area contributed by atoms with E-state index in [9.17, 15) is 28.0 Å². The van der Waals surface area contributed by atoms with E-state index in [1.54, 1.807) is 72.7 Å². The summed E-state index contributed by atoms with van der Waals surface area (Å²) in [6, 6.07) is -6.63. The van der Waals surface area contributed by atoms with E-state index in [4.69, 9.17) is 4.99 Å². The molecule has 0 saturated carbocycles. The number of allylic oxidation sites excluding steroid dienone is 5. The summed E-state index contributed by atoms with van der Waals surface area (Å²) in [4.78, 5) is 63.6. The molecule has 0 radical (unpaired) electrons. The molecule has 4 heterocycles. The zero-order chi connectivity index (χ0) is 45.6. The Kier molecular flexibility index (Phi) is 13.9. The fourth-order valence-corrected chi connectivity index (χ4v) is 9.30. The highest BCUT2D eigenvalue weighted by molar-refractivity contribution is 7.18. The average Bonchev–Trinajstić information content (AvgIpc) is 3.92. The molecular formula is C43H59F5N9O4P. The summed E-state index contributed by atoms with van der Waals surface area (Å²) >= 11 is 0. The van der Waals surface area contributed by atoms with Crippen molar-refractivity contribution in [3.8, 4) is 0 Å². The molecule has 6 aliphatic rings. The summed E-state index contributed by atoms with van der Waals surface area (Å²) in [5.74, 6) is -6.96. The van der Waals surface area contributed by atoms with Crippen LogP contribution in [0.1, 0.15) is 60.8 Å². The number of amides is 4. The number of carbonyl (C=O) groups is 4. The minimum Gasteiger partial charge on any atom is -0.371 e. The van der Waals surface area contributed by atoms with Gasteiger partial charge in [-0.05, 0) is 81.6 Å². The first-order valence-electron chi connectivity index (χ1n) is 21.2. The molecule has 19 heteroatoms. The monoisotopic (exact) mass is 891 g/mol. The molecule has 4 unspecified atom stereocenters. The summed E-state index contributed by atoms with van der Waals surface area (Å²) in [6.45, 7) is 9.07. The number of carbonyl (C=O) groups excluding carboxylic acids is 4. The summed E-state index contributed by atoms with van der Waals surface area (Å²) in [7, 11) is 5.39. The van der Waals surface area contributed by atoms with Crippen LogP contribution in [0.5, 0.6) is 0 Å². The van der Waals surface area contributed by atoms with Crippen molar-refractivity contribution in [2.24, 2.45) is 16.8 Å². The van der Waals surface area contributed by atoms with Gasteiger partial charge in [0.15, 0.2) is 5.82 Å². The Morgan fingerprint density at radius 3 is 1.98 bits per heavy atom. The maximum absolute atomic E-state index is 16.1. The van der Waals surface area contributed by atoms with Crippen molar-refractivity contribution < 1.29 is 41.1 Å². The summed E-state index contributed by atoms with van der Waals surface area (Å²) in [6.07, 6.45) is 7.33. The second-order valence-corrected chi connectivity index (χ2v) is 18.9. The summed E-state index contributed by atoms with van der Waals surface area (Å²) in [5.41, 5.74) is 1.64. The predicted octanol–water partition coefficient (Wildman–Crippen LogP) is 3.66. The highest BCUT2D eigenvalue weighted by Gasteiger charge is 2.51. The number of nitrogens with one attached hydrogen (secondary N) is 5. The SMILES string of the molecule is CN[C@@H](C)C(=O)N[C@H](C(=O)N1CC(F)(F)C[C@H]1CC1=C2C=CC(F)=CC2NC1=C1N=C2C=C(F)C=CC2N1C[C@@H]1CC(F)(P)CN1C(=O)[C@@H](NC(=O)[C@H](C)NC)C(C)C)C(C)C. The van der Waals surface area contributed by atoms with Gasteiger partial charge in [-0.1, -0.05) is 49.1 Å². The van der Waals surface area contributed by atoms with E-state index in [2.05, 4.69) is 35.8 Å². The maximum Gasteiger partial charge on any atom is 0.267 e. The number of nitrogens with zero attached hydrogens (tertiary/aromatic N) is 4. The van der Waals surface area contributed by atoms with Crippen LogP contribution < -0.4 is 26.6 Å². The number of fused-ring (bicyclic) bond motifs is 2. The summed E-state index contributed by atoms with van der Waals surface area (Å²) < 4.78 is 76.9. The first kappa shape index (κ1) is 47.1. The molecule has 4 amide bonds. The Morgan fingerprint density at radius 2 is 1.42 bits per heavy atom. The number of halogens is 5. The molecule has 2 fully saturated rings. The van der Waals surface area contributed by atoms with Crippen LogP contribution in [0.2, 0.25) is 0 Å². The molecule has 0 aromatic heterocycles. The minimum atomic E-state index is -3.27. The Labute approximate surface area is 362 Å². The van der Waals surface area contributed by atoms with Crippen LogP contribution in [0.15, 0.2) is 75.8 Å². The van der Waals surface area contributed by atoms with Crippen molar-refractivity contribution in [1.82, 2.24) is 41.3 Å². The van der Waals surface area contributed by atoms with Crippen molar-refractivity contribution in [3.63, 3.8) is 0 Å². The lowest BCUT2D eigenvalue weighted by atomic mass is 9.93. The number of hydrogen-bond acceptors (Lipinski definition) is 9. The quantitative estimate of drug-likeness (QED) is 0.131. The molecule has 0 aromatic carbocycles. The number of likely N-dealkylation sites (N-methyl/N-ethyl adjacent to an activating group) is 2. The Morgan fingerprint density at radius 1 is 0.839 bits per heavy atom. The van der Waals surface area contributed by atoms with Crippen molar-refractivity contribution in [2.45, 2.75) is 120 Å². The van der Waals surface area contributed by atoms with E-state index in [0.29, 0.717) is 22.6 Å². The highest BCUT2D eigenvalue weighted by Crippen LogP contribution is 2.44. The van der Waals surface area contributed by atoms with E-state index < -0.39 is 114 Å². The largest absolute Gasteiger partial charge is 0.371 e. The number of aliphatic imine (C=N–C) groups is 1. The lowest BCUT2D eigenvalue weighted by Crippen LogP contribution is -2.56. The fraction of sp³-hybridized carbons (Fsp3) is 0.605. The molecular weight excluding hydrogens is 832 g/mol. The Hall–Kier alpha value is -4.41. The number of likely N-dealkylation sites (tertiary alicyclic amines) is 2. The molecule has 6 rings (SSSR count). The van der Waals surface area contributed by atoms with E-state index >= 15 is 13.2 Å². The Bertz CT molecular complexity index is 2050. The van der Waals surface area contributed by atoms with Gasteiger partial charge in [-0.3, -0.25) is 19.2 Å². The fourth-order valence-electron chi connectivity index (χ4n) is 8.83. The third-order valence-corrected chi connectivity index (χ3v) is 12.9. The molecule has 62 heavy (non-hydrogen) atoms. The molecule has 10 atom stereocenters.